The summed E-state index contributed by atoms with van der Waals surface area (Å²) < 4.78 is 5.33. The van der Waals surface area contributed by atoms with E-state index in [1.54, 1.807) is 7.11 Å². The Bertz CT molecular complexity index is 461. The lowest BCUT2D eigenvalue weighted by Crippen LogP contribution is -2.28. The van der Waals surface area contributed by atoms with Crippen molar-refractivity contribution in [2.75, 3.05) is 20.3 Å². The topological polar surface area (TPSA) is 58.7 Å². The molecule has 1 aliphatic carbocycles. The Balaban J connectivity index is 2.13. The predicted molar refractivity (Wildman–Crippen MR) is 79.4 cm³/mol. The van der Waals surface area contributed by atoms with Crippen LogP contribution in [0.4, 0.5) is 0 Å². The minimum absolute atomic E-state index is 0.193. The zero-order valence-electron chi connectivity index (χ0n) is 11.1. The first-order chi connectivity index (χ1) is 9.15. The van der Waals surface area contributed by atoms with E-state index in [1.807, 2.05) is 18.2 Å². The minimum Gasteiger partial charge on any atom is -0.496 e. The Morgan fingerprint density at radius 1 is 1.53 bits per heavy atom. The van der Waals surface area contributed by atoms with Crippen LogP contribution in [0.1, 0.15) is 24.0 Å². The van der Waals surface area contributed by atoms with Crippen LogP contribution in [-0.4, -0.2) is 41.3 Å². The molecule has 1 saturated carbocycles. The van der Waals surface area contributed by atoms with E-state index in [9.17, 15) is 0 Å². The Morgan fingerprint density at radius 3 is 2.79 bits per heavy atom. The van der Waals surface area contributed by atoms with Crippen molar-refractivity contribution in [3.63, 3.8) is 0 Å². The molecule has 1 aromatic carbocycles. The minimum atomic E-state index is 0.193. The normalized spacial score (nSPS) is 14.7. The third-order valence-electron chi connectivity index (χ3n) is 3.37. The standard InChI is InChI=1S/C14H20N2O2S/c1-18-13-8-10(2-5-12(13)14(15)19)9-16(6-7-17)11-3-4-11/h2,5,8,11,17H,3-4,6-7,9H2,1H3,(H2,15,19). The largest absolute Gasteiger partial charge is 0.496 e. The van der Waals surface area contributed by atoms with Gasteiger partial charge in [-0.1, -0.05) is 18.3 Å². The van der Waals surface area contributed by atoms with Gasteiger partial charge in [-0.25, -0.2) is 0 Å². The SMILES string of the molecule is COc1cc(CN(CCO)C2CC2)ccc1C(N)=S. The Kier molecular flexibility index (Phi) is 4.74. The highest BCUT2D eigenvalue weighted by Crippen LogP contribution is 2.29. The number of nitrogens with zero attached hydrogens (tertiary/aromatic N) is 1. The van der Waals surface area contributed by atoms with Gasteiger partial charge in [-0.05, 0) is 30.5 Å². The molecule has 1 fully saturated rings. The van der Waals surface area contributed by atoms with Crippen molar-refractivity contribution in [1.82, 2.24) is 4.90 Å². The zero-order valence-corrected chi connectivity index (χ0v) is 11.9. The van der Waals surface area contributed by atoms with Crippen LogP contribution in [-0.2, 0) is 6.54 Å². The lowest BCUT2D eigenvalue weighted by atomic mass is 10.1. The third kappa shape index (κ3) is 3.65. The van der Waals surface area contributed by atoms with E-state index in [4.69, 9.17) is 27.8 Å². The van der Waals surface area contributed by atoms with E-state index < -0.39 is 0 Å². The molecular weight excluding hydrogens is 260 g/mol. The summed E-state index contributed by atoms with van der Waals surface area (Å²) in [6.45, 7) is 1.72. The summed E-state index contributed by atoms with van der Waals surface area (Å²) in [5.74, 6) is 0.713. The van der Waals surface area contributed by atoms with Crippen LogP contribution in [0.15, 0.2) is 18.2 Å². The second-order valence-corrected chi connectivity index (χ2v) is 5.26. The highest BCUT2D eigenvalue weighted by atomic mass is 32.1. The predicted octanol–water partition coefficient (Wildman–Crippen LogP) is 1.29. The summed E-state index contributed by atoms with van der Waals surface area (Å²) in [5, 5.41) is 9.11. The maximum atomic E-state index is 9.11. The highest BCUT2D eigenvalue weighted by Gasteiger charge is 2.28. The molecule has 0 aliphatic heterocycles. The zero-order chi connectivity index (χ0) is 13.8. The monoisotopic (exact) mass is 280 g/mol. The molecule has 0 heterocycles. The van der Waals surface area contributed by atoms with Gasteiger partial charge in [0.25, 0.3) is 0 Å². The molecule has 0 saturated heterocycles. The van der Waals surface area contributed by atoms with Gasteiger partial charge < -0.3 is 15.6 Å². The van der Waals surface area contributed by atoms with Crippen LogP contribution in [0.2, 0.25) is 0 Å². The van der Waals surface area contributed by atoms with E-state index in [-0.39, 0.29) is 6.61 Å². The lowest BCUT2D eigenvalue weighted by molar-refractivity contribution is 0.183. The molecule has 1 aromatic rings. The van der Waals surface area contributed by atoms with Crippen molar-refractivity contribution in [2.45, 2.75) is 25.4 Å². The second-order valence-electron chi connectivity index (χ2n) is 4.82. The Labute approximate surface area is 119 Å². The van der Waals surface area contributed by atoms with Gasteiger partial charge in [0.15, 0.2) is 0 Å². The molecule has 0 bridgehead atoms. The molecule has 0 unspecified atom stereocenters. The number of rotatable bonds is 7. The number of aliphatic hydroxyl groups is 1. The first-order valence-electron chi connectivity index (χ1n) is 6.47. The fraction of sp³-hybridized carbons (Fsp3) is 0.500. The fourth-order valence-corrected chi connectivity index (χ4v) is 2.40. The van der Waals surface area contributed by atoms with E-state index in [2.05, 4.69) is 4.90 Å². The first kappa shape index (κ1) is 14.2. The lowest BCUT2D eigenvalue weighted by Gasteiger charge is -2.21. The van der Waals surface area contributed by atoms with E-state index in [0.29, 0.717) is 23.3 Å². The highest BCUT2D eigenvalue weighted by molar-refractivity contribution is 7.80. The van der Waals surface area contributed by atoms with Crippen LogP contribution in [0.25, 0.3) is 0 Å². The molecule has 0 radical (unpaired) electrons. The fourth-order valence-electron chi connectivity index (χ4n) is 2.23. The van der Waals surface area contributed by atoms with Crippen LogP contribution >= 0.6 is 12.2 Å². The maximum Gasteiger partial charge on any atom is 0.129 e. The molecule has 1 aliphatic rings. The van der Waals surface area contributed by atoms with Gasteiger partial charge in [-0.3, -0.25) is 4.90 Å². The summed E-state index contributed by atoms with van der Waals surface area (Å²) in [4.78, 5) is 2.65. The number of hydrogen-bond acceptors (Lipinski definition) is 4. The smallest absolute Gasteiger partial charge is 0.129 e. The molecular formula is C14H20N2O2S. The summed E-state index contributed by atoms with van der Waals surface area (Å²) in [6.07, 6.45) is 2.45. The van der Waals surface area contributed by atoms with Gasteiger partial charge in [0, 0.05) is 19.1 Å². The first-order valence-corrected chi connectivity index (χ1v) is 6.88. The van der Waals surface area contributed by atoms with Gasteiger partial charge in [-0.2, -0.15) is 0 Å². The number of hydrogen-bond donors (Lipinski definition) is 2. The molecule has 4 nitrogen and oxygen atoms in total. The Morgan fingerprint density at radius 2 is 2.26 bits per heavy atom. The van der Waals surface area contributed by atoms with Crippen molar-refractivity contribution in [2.24, 2.45) is 5.73 Å². The molecule has 0 atom stereocenters. The van der Waals surface area contributed by atoms with Crippen molar-refractivity contribution in [1.29, 1.82) is 0 Å². The van der Waals surface area contributed by atoms with Crippen LogP contribution in [0.5, 0.6) is 5.75 Å². The molecule has 5 heteroatoms. The summed E-state index contributed by atoms with van der Waals surface area (Å²) in [6, 6.07) is 6.51. The summed E-state index contributed by atoms with van der Waals surface area (Å²) in [5.41, 5.74) is 7.57. The van der Waals surface area contributed by atoms with Gasteiger partial charge in [0.2, 0.25) is 0 Å². The summed E-state index contributed by atoms with van der Waals surface area (Å²) in [7, 11) is 1.62. The van der Waals surface area contributed by atoms with Crippen LogP contribution in [0.3, 0.4) is 0 Å². The van der Waals surface area contributed by atoms with Gasteiger partial charge in [0.1, 0.15) is 10.7 Å². The number of benzene rings is 1. The number of nitrogens with two attached hydrogens (primary N) is 1. The number of methoxy groups -OCH3 is 1. The average Bonchev–Trinajstić information content (AvgIpc) is 3.22. The maximum absolute atomic E-state index is 9.11. The van der Waals surface area contributed by atoms with Gasteiger partial charge >= 0.3 is 0 Å². The number of thiocarbonyl (C=S) groups is 1. The Hall–Kier alpha value is -1.17. The van der Waals surface area contributed by atoms with E-state index in [1.165, 1.54) is 12.8 Å². The van der Waals surface area contributed by atoms with E-state index >= 15 is 0 Å². The molecule has 104 valence electrons. The average molecular weight is 280 g/mol. The van der Waals surface area contributed by atoms with Crippen molar-refractivity contribution in [3.05, 3.63) is 29.3 Å². The summed E-state index contributed by atoms with van der Waals surface area (Å²) >= 11 is 4.99. The van der Waals surface area contributed by atoms with Gasteiger partial charge in [0.05, 0.1) is 19.3 Å². The third-order valence-corrected chi connectivity index (χ3v) is 3.59. The van der Waals surface area contributed by atoms with Crippen LogP contribution in [0, 0.1) is 0 Å². The van der Waals surface area contributed by atoms with Crippen molar-refractivity contribution < 1.29 is 9.84 Å². The molecule has 0 aromatic heterocycles. The molecule has 0 spiro atoms. The molecule has 19 heavy (non-hydrogen) atoms. The van der Waals surface area contributed by atoms with Gasteiger partial charge in [-0.15, -0.1) is 0 Å². The number of ether oxygens (including phenoxy) is 1. The van der Waals surface area contributed by atoms with Crippen molar-refractivity contribution >= 4 is 17.2 Å². The van der Waals surface area contributed by atoms with Crippen LogP contribution < -0.4 is 10.5 Å². The molecule has 3 N–H and O–H groups in total. The van der Waals surface area contributed by atoms with Crippen molar-refractivity contribution in [3.8, 4) is 5.75 Å². The number of aliphatic hydroxyl groups excluding tert-OH is 1. The quantitative estimate of drug-likeness (QED) is 0.737. The molecule has 2 rings (SSSR count). The van der Waals surface area contributed by atoms with E-state index in [0.717, 1.165) is 17.7 Å². The second kappa shape index (κ2) is 6.32. The molecule has 0 amide bonds.